The maximum absolute atomic E-state index is 13.9. The summed E-state index contributed by atoms with van der Waals surface area (Å²) in [5.74, 6) is 5.62. The number of pyridine rings is 2. The number of nitrogens with one attached hydrogen (secondary N) is 1. The molecule has 3 N–H and O–H groups in total. The van der Waals surface area contributed by atoms with E-state index in [0.29, 0.717) is 35.7 Å². The minimum absolute atomic E-state index is 0.0174. The summed E-state index contributed by atoms with van der Waals surface area (Å²) < 4.78 is 43.2. The second-order valence-corrected chi connectivity index (χ2v) is 9.65. The second-order valence-electron chi connectivity index (χ2n) is 9.65. The number of nitrogens with zero attached hydrogens (tertiary/aromatic N) is 6. The van der Waals surface area contributed by atoms with E-state index in [1.807, 2.05) is 18.0 Å². The number of carbonyl (C=O) groups is 1. The van der Waals surface area contributed by atoms with E-state index in [-0.39, 0.29) is 23.5 Å². The number of halogens is 3. The number of alkyl halides is 3. The average Bonchev–Trinajstić information content (AvgIpc) is 3.30. The monoisotopic (exact) mass is 548 g/mol. The lowest BCUT2D eigenvalue weighted by Gasteiger charge is -2.33. The SMILES string of the molecule is CN1CCN(Cc2ccc(NC(=O)c3cc(C#Cc4cnc(N)c5ncccc45)n(C)n3)cc2C(F)(F)F)CC1. The van der Waals surface area contributed by atoms with Gasteiger partial charge in [-0.05, 0) is 42.8 Å². The van der Waals surface area contributed by atoms with Gasteiger partial charge in [0.25, 0.3) is 5.91 Å². The molecule has 0 aliphatic carbocycles. The first-order chi connectivity index (χ1) is 19.1. The molecular formula is C28H27F3N8O. The van der Waals surface area contributed by atoms with Crippen LogP contribution >= 0.6 is 0 Å². The summed E-state index contributed by atoms with van der Waals surface area (Å²) in [5.41, 5.74) is 6.91. The lowest BCUT2D eigenvalue weighted by atomic mass is 10.0. The number of carbonyl (C=O) groups excluding carboxylic acids is 1. The van der Waals surface area contributed by atoms with Crippen molar-refractivity contribution in [2.45, 2.75) is 12.7 Å². The summed E-state index contributed by atoms with van der Waals surface area (Å²) >= 11 is 0. The molecule has 1 saturated heterocycles. The number of amides is 1. The Morgan fingerprint density at radius 2 is 1.85 bits per heavy atom. The van der Waals surface area contributed by atoms with Gasteiger partial charge in [-0.3, -0.25) is 19.4 Å². The third kappa shape index (κ3) is 5.90. The van der Waals surface area contributed by atoms with Crippen molar-refractivity contribution in [3.63, 3.8) is 0 Å². The van der Waals surface area contributed by atoms with Crippen LogP contribution in [0.1, 0.15) is 32.9 Å². The van der Waals surface area contributed by atoms with Gasteiger partial charge in [0.05, 0.1) is 11.1 Å². The number of nitrogens with two attached hydrogens (primary N) is 1. The van der Waals surface area contributed by atoms with Crippen molar-refractivity contribution in [3.05, 3.63) is 76.9 Å². The van der Waals surface area contributed by atoms with Gasteiger partial charge < -0.3 is 16.0 Å². The average molecular weight is 549 g/mol. The van der Waals surface area contributed by atoms with E-state index in [0.717, 1.165) is 24.5 Å². The van der Waals surface area contributed by atoms with Gasteiger partial charge in [-0.1, -0.05) is 12.0 Å². The first-order valence-corrected chi connectivity index (χ1v) is 12.6. The van der Waals surface area contributed by atoms with Gasteiger partial charge in [0.15, 0.2) is 5.69 Å². The largest absolute Gasteiger partial charge is 0.416 e. The highest BCUT2D eigenvalue weighted by atomic mass is 19.4. The third-order valence-electron chi connectivity index (χ3n) is 6.77. The minimum Gasteiger partial charge on any atom is -0.382 e. The van der Waals surface area contributed by atoms with E-state index in [1.54, 1.807) is 25.5 Å². The number of hydrogen-bond acceptors (Lipinski definition) is 7. The van der Waals surface area contributed by atoms with Gasteiger partial charge in [0, 0.05) is 69.3 Å². The summed E-state index contributed by atoms with van der Waals surface area (Å²) in [4.78, 5) is 25.4. The summed E-state index contributed by atoms with van der Waals surface area (Å²) in [6, 6.07) is 8.95. The number of hydrogen-bond donors (Lipinski definition) is 2. The Morgan fingerprint density at radius 1 is 1.07 bits per heavy atom. The molecule has 0 bridgehead atoms. The van der Waals surface area contributed by atoms with Gasteiger partial charge >= 0.3 is 6.18 Å². The number of rotatable bonds is 4. The minimum atomic E-state index is -4.56. The molecule has 40 heavy (non-hydrogen) atoms. The van der Waals surface area contributed by atoms with Crippen LogP contribution in [0.25, 0.3) is 10.9 Å². The quantitative estimate of drug-likeness (QED) is 0.377. The molecule has 1 amide bonds. The van der Waals surface area contributed by atoms with Crippen LogP contribution in [0.3, 0.4) is 0 Å². The van der Waals surface area contributed by atoms with Crippen LogP contribution in [0.15, 0.2) is 48.8 Å². The Labute approximate surface area is 228 Å². The highest BCUT2D eigenvalue weighted by Crippen LogP contribution is 2.34. The molecule has 4 heterocycles. The van der Waals surface area contributed by atoms with Crippen molar-refractivity contribution in [1.82, 2.24) is 29.5 Å². The molecule has 0 spiro atoms. The maximum atomic E-state index is 13.9. The number of nitrogen functional groups attached to an aromatic ring is 1. The van der Waals surface area contributed by atoms with Crippen molar-refractivity contribution < 1.29 is 18.0 Å². The number of aryl methyl sites for hydroxylation is 1. The van der Waals surface area contributed by atoms with Crippen molar-refractivity contribution in [3.8, 4) is 11.8 Å². The van der Waals surface area contributed by atoms with Gasteiger partial charge in [0.2, 0.25) is 0 Å². The lowest BCUT2D eigenvalue weighted by Crippen LogP contribution is -2.44. The number of likely N-dealkylation sites (N-methyl/N-ethyl adjacent to an activating group) is 1. The van der Waals surface area contributed by atoms with Gasteiger partial charge in [-0.25, -0.2) is 4.98 Å². The number of fused-ring (bicyclic) bond motifs is 1. The zero-order valence-electron chi connectivity index (χ0n) is 22.0. The van der Waals surface area contributed by atoms with E-state index < -0.39 is 17.6 Å². The van der Waals surface area contributed by atoms with Crippen molar-refractivity contribution >= 4 is 28.3 Å². The fourth-order valence-electron chi connectivity index (χ4n) is 4.52. The van der Waals surface area contributed by atoms with Crippen LogP contribution < -0.4 is 11.1 Å². The fraction of sp³-hybridized carbons (Fsp3) is 0.286. The zero-order chi connectivity index (χ0) is 28.4. The van der Waals surface area contributed by atoms with Crippen molar-refractivity contribution in [2.24, 2.45) is 7.05 Å². The fourth-order valence-corrected chi connectivity index (χ4v) is 4.52. The van der Waals surface area contributed by atoms with Gasteiger partial charge in [-0.2, -0.15) is 18.3 Å². The van der Waals surface area contributed by atoms with Crippen molar-refractivity contribution in [1.29, 1.82) is 0 Å². The van der Waals surface area contributed by atoms with E-state index in [2.05, 4.69) is 37.1 Å². The first kappa shape index (κ1) is 27.1. The Kier molecular flexibility index (Phi) is 7.42. The normalized spacial score (nSPS) is 14.6. The van der Waals surface area contributed by atoms with Crippen LogP contribution in [0.2, 0.25) is 0 Å². The summed E-state index contributed by atoms with van der Waals surface area (Å²) in [5, 5.41) is 7.46. The molecule has 0 saturated carbocycles. The standard InChI is InChI=1S/C28H27F3N8O/c1-37-10-12-39(13-11-37)17-19-5-7-20(14-23(19)28(29,30)31)35-27(40)24-15-21(38(2)36-24)8-6-18-16-34-26(32)25-22(18)4-3-9-33-25/h3-5,7,9,14-16H,10-13,17H2,1-2H3,(H2,32,34)(H,35,40). The molecule has 3 aromatic heterocycles. The van der Waals surface area contributed by atoms with E-state index in [4.69, 9.17) is 5.73 Å². The van der Waals surface area contributed by atoms with E-state index in [9.17, 15) is 18.0 Å². The molecule has 1 aromatic carbocycles. The molecule has 9 nitrogen and oxygen atoms in total. The molecule has 5 rings (SSSR count). The molecule has 0 atom stereocenters. The van der Waals surface area contributed by atoms with Gasteiger partial charge in [-0.15, -0.1) is 0 Å². The maximum Gasteiger partial charge on any atom is 0.416 e. The first-order valence-electron chi connectivity index (χ1n) is 12.6. The van der Waals surface area contributed by atoms with Crippen LogP contribution in [0, 0.1) is 11.8 Å². The molecular weight excluding hydrogens is 521 g/mol. The topological polar surface area (TPSA) is 105 Å². The van der Waals surface area contributed by atoms with E-state index >= 15 is 0 Å². The number of anilines is 2. The van der Waals surface area contributed by atoms with E-state index in [1.165, 1.54) is 22.9 Å². The van der Waals surface area contributed by atoms with Gasteiger partial charge in [0.1, 0.15) is 17.0 Å². The molecule has 1 fully saturated rings. The second kappa shape index (κ2) is 11.0. The Hall–Kier alpha value is -4.47. The third-order valence-corrected chi connectivity index (χ3v) is 6.77. The van der Waals surface area contributed by atoms with Crippen LogP contribution in [0.5, 0.6) is 0 Å². The summed E-state index contributed by atoms with van der Waals surface area (Å²) in [6.45, 7) is 3.18. The smallest absolute Gasteiger partial charge is 0.382 e. The highest BCUT2D eigenvalue weighted by Gasteiger charge is 2.34. The molecule has 0 unspecified atom stereocenters. The zero-order valence-corrected chi connectivity index (χ0v) is 22.0. The summed E-state index contributed by atoms with van der Waals surface area (Å²) in [7, 11) is 3.61. The molecule has 1 aliphatic heterocycles. The Morgan fingerprint density at radius 3 is 2.60 bits per heavy atom. The predicted molar refractivity (Wildman–Crippen MR) is 145 cm³/mol. The number of benzene rings is 1. The molecule has 12 heteroatoms. The Balaban J connectivity index is 1.34. The van der Waals surface area contributed by atoms with Crippen LogP contribution in [0.4, 0.5) is 24.7 Å². The molecule has 4 aromatic rings. The van der Waals surface area contributed by atoms with Crippen molar-refractivity contribution in [2.75, 3.05) is 44.3 Å². The lowest BCUT2D eigenvalue weighted by molar-refractivity contribution is -0.138. The molecule has 206 valence electrons. The number of piperazine rings is 1. The summed E-state index contributed by atoms with van der Waals surface area (Å²) in [6.07, 6.45) is -1.41. The number of aromatic nitrogens is 4. The highest BCUT2D eigenvalue weighted by molar-refractivity contribution is 6.03. The van der Waals surface area contributed by atoms with Crippen LogP contribution in [-0.2, 0) is 19.8 Å². The molecule has 0 radical (unpaired) electrons. The predicted octanol–water partition coefficient (Wildman–Crippen LogP) is 3.36. The van der Waals surface area contributed by atoms with Crippen LogP contribution in [-0.4, -0.2) is 68.7 Å². The molecule has 1 aliphatic rings. The Bertz CT molecular complexity index is 1630.